The quantitative estimate of drug-likeness (QED) is 0.590. The van der Waals surface area contributed by atoms with E-state index >= 15 is 0 Å². The van der Waals surface area contributed by atoms with E-state index < -0.39 is 0 Å². The van der Waals surface area contributed by atoms with Crippen LogP contribution in [0.2, 0.25) is 0 Å². The lowest BCUT2D eigenvalue weighted by molar-refractivity contribution is 0.479. The van der Waals surface area contributed by atoms with Gasteiger partial charge in [0.15, 0.2) is 5.75 Å². The van der Waals surface area contributed by atoms with Gasteiger partial charge in [-0.3, -0.25) is 10.1 Å². The summed E-state index contributed by atoms with van der Waals surface area (Å²) in [5, 5.41) is 11.2. The molecule has 82 valence electrons. The Morgan fingerprint density at radius 2 is 2.19 bits per heavy atom. The van der Waals surface area contributed by atoms with Gasteiger partial charge in [0.25, 0.3) is 0 Å². The fourth-order valence-electron chi connectivity index (χ4n) is 1.19. The Morgan fingerprint density at radius 1 is 1.38 bits per heavy atom. The third-order valence-corrected chi connectivity index (χ3v) is 1.93. The van der Waals surface area contributed by atoms with E-state index in [0.29, 0.717) is 17.2 Å². The lowest BCUT2D eigenvalue weighted by atomic mass is 10.3. The van der Waals surface area contributed by atoms with E-state index in [4.69, 9.17) is 15.9 Å². The smallest absolute Gasteiger partial charge is 0.165 e. The molecular weight excluding hydrogens is 206 g/mol. The van der Waals surface area contributed by atoms with Gasteiger partial charge in [0.1, 0.15) is 17.3 Å². The molecule has 6 heteroatoms. The molecule has 2 rings (SSSR count). The molecule has 0 fully saturated rings. The van der Waals surface area contributed by atoms with Gasteiger partial charge >= 0.3 is 0 Å². The molecule has 0 aliphatic carbocycles. The highest BCUT2D eigenvalue weighted by atomic mass is 16.5. The number of nitrogens with zero attached hydrogens (tertiary/aromatic N) is 3. The Balaban J connectivity index is 2.14. The average Bonchev–Trinajstić information content (AvgIpc) is 2.65. The van der Waals surface area contributed by atoms with E-state index in [2.05, 4.69) is 10.1 Å². The molecule has 0 aliphatic rings. The maximum absolute atomic E-state index is 7.19. The van der Waals surface area contributed by atoms with Crippen molar-refractivity contribution >= 4 is 5.84 Å². The number of nitrogens with two attached hydrogens (primary N) is 1. The van der Waals surface area contributed by atoms with Gasteiger partial charge in [-0.15, -0.1) is 0 Å². The SMILES string of the molecule is Cn1cc(Oc2ccc(C(=N)N)nc2)cn1. The normalized spacial score (nSPS) is 10.1. The van der Waals surface area contributed by atoms with Crippen LogP contribution in [-0.4, -0.2) is 20.6 Å². The van der Waals surface area contributed by atoms with Crippen molar-refractivity contribution < 1.29 is 4.74 Å². The van der Waals surface area contributed by atoms with E-state index in [0.717, 1.165) is 0 Å². The Bertz CT molecular complexity index is 502. The summed E-state index contributed by atoms with van der Waals surface area (Å²) in [6.07, 6.45) is 4.88. The number of ether oxygens (including phenoxy) is 1. The zero-order valence-corrected chi connectivity index (χ0v) is 8.71. The van der Waals surface area contributed by atoms with E-state index in [9.17, 15) is 0 Å². The topological polar surface area (TPSA) is 89.8 Å². The molecule has 0 aliphatic heterocycles. The fraction of sp³-hybridized carbons (Fsp3) is 0.100. The third-order valence-electron chi connectivity index (χ3n) is 1.93. The Kier molecular flexibility index (Phi) is 2.55. The molecule has 2 aromatic heterocycles. The molecule has 0 amide bonds. The van der Waals surface area contributed by atoms with Crippen LogP contribution < -0.4 is 10.5 Å². The zero-order valence-electron chi connectivity index (χ0n) is 8.71. The van der Waals surface area contributed by atoms with Gasteiger partial charge in [-0.25, -0.2) is 4.98 Å². The van der Waals surface area contributed by atoms with Crippen molar-refractivity contribution in [1.82, 2.24) is 14.8 Å². The number of hydrogen-bond donors (Lipinski definition) is 2. The van der Waals surface area contributed by atoms with Gasteiger partial charge in [0, 0.05) is 7.05 Å². The second-order valence-corrected chi connectivity index (χ2v) is 3.24. The number of amidine groups is 1. The van der Waals surface area contributed by atoms with Crippen molar-refractivity contribution in [3.05, 3.63) is 36.4 Å². The number of pyridine rings is 1. The minimum Gasteiger partial charge on any atom is -0.452 e. The van der Waals surface area contributed by atoms with Gasteiger partial charge in [-0.05, 0) is 12.1 Å². The van der Waals surface area contributed by atoms with Crippen molar-refractivity contribution in [2.75, 3.05) is 0 Å². The summed E-state index contributed by atoms with van der Waals surface area (Å²) >= 11 is 0. The molecule has 0 spiro atoms. The van der Waals surface area contributed by atoms with Crippen LogP contribution >= 0.6 is 0 Å². The number of nitrogens with one attached hydrogen (secondary N) is 1. The highest BCUT2D eigenvalue weighted by Crippen LogP contribution is 2.19. The minimum absolute atomic E-state index is 0.0621. The van der Waals surface area contributed by atoms with Gasteiger partial charge in [0.05, 0.1) is 18.6 Å². The van der Waals surface area contributed by atoms with Crippen LogP contribution in [0.15, 0.2) is 30.7 Å². The van der Waals surface area contributed by atoms with Gasteiger partial charge in [-0.1, -0.05) is 0 Å². The molecule has 0 atom stereocenters. The Labute approximate surface area is 92.2 Å². The fourth-order valence-corrected chi connectivity index (χ4v) is 1.19. The summed E-state index contributed by atoms with van der Waals surface area (Å²) in [4.78, 5) is 3.98. The first-order valence-electron chi connectivity index (χ1n) is 4.62. The van der Waals surface area contributed by atoms with Crippen molar-refractivity contribution in [2.45, 2.75) is 0 Å². The van der Waals surface area contributed by atoms with Crippen LogP contribution in [0.5, 0.6) is 11.5 Å². The van der Waals surface area contributed by atoms with E-state index in [1.807, 2.05) is 7.05 Å². The highest BCUT2D eigenvalue weighted by molar-refractivity contribution is 5.92. The summed E-state index contributed by atoms with van der Waals surface area (Å²) in [5.74, 6) is 1.16. The average molecular weight is 217 g/mol. The number of aromatic nitrogens is 3. The van der Waals surface area contributed by atoms with Crippen LogP contribution in [0.1, 0.15) is 5.69 Å². The molecular formula is C10H11N5O. The monoisotopic (exact) mass is 217 g/mol. The van der Waals surface area contributed by atoms with Crippen LogP contribution in [-0.2, 0) is 7.05 Å². The van der Waals surface area contributed by atoms with E-state index in [1.54, 1.807) is 29.2 Å². The molecule has 0 unspecified atom stereocenters. The molecule has 16 heavy (non-hydrogen) atoms. The molecule has 3 N–H and O–H groups in total. The third kappa shape index (κ3) is 2.17. The summed E-state index contributed by atoms with van der Waals surface area (Å²) < 4.78 is 7.12. The van der Waals surface area contributed by atoms with Gasteiger partial charge < -0.3 is 10.5 Å². The minimum atomic E-state index is -0.0621. The molecule has 0 radical (unpaired) electrons. The van der Waals surface area contributed by atoms with Crippen molar-refractivity contribution in [3.63, 3.8) is 0 Å². The first-order chi connectivity index (χ1) is 7.65. The predicted octanol–water partition coefficient (Wildman–Crippen LogP) is 0.891. The summed E-state index contributed by atoms with van der Waals surface area (Å²) in [7, 11) is 1.81. The molecule has 0 aromatic carbocycles. The van der Waals surface area contributed by atoms with Crippen LogP contribution in [0, 0.1) is 5.41 Å². The Morgan fingerprint density at radius 3 is 2.69 bits per heavy atom. The largest absolute Gasteiger partial charge is 0.452 e. The number of nitrogen functional groups attached to an aromatic ring is 1. The van der Waals surface area contributed by atoms with Crippen LogP contribution in [0.25, 0.3) is 0 Å². The molecule has 0 saturated heterocycles. The lowest BCUT2D eigenvalue weighted by Crippen LogP contribution is -2.12. The van der Waals surface area contributed by atoms with E-state index in [1.165, 1.54) is 6.20 Å². The van der Waals surface area contributed by atoms with Gasteiger partial charge in [-0.2, -0.15) is 5.10 Å². The van der Waals surface area contributed by atoms with Crippen molar-refractivity contribution in [2.24, 2.45) is 12.8 Å². The second-order valence-electron chi connectivity index (χ2n) is 3.24. The van der Waals surface area contributed by atoms with Crippen molar-refractivity contribution in [1.29, 1.82) is 5.41 Å². The maximum Gasteiger partial charge on any atom is 0.165 e. The first kappa shape index (κ1) is 10.2. The molecule has 6 nitrogen and oxygen atoms in total. The summed E-state index contributed by atoms with van der Waals surface area (Å²) in [6, 6.07) is 3.34. The highest BCUT2D eigenvalue weighted by Gasteiger charge is 2.01. The maximum atomic E-state index is 7.19. The van der Waals surface area contributed by atoms with Crippen LogP contribution in [0.4, 0.5) is 0 Å². The Hall–Kier alpha value is -2.37. The van der Waals surface area contributed by atoms with Crippen LogP contribution in [0.3, 0.4) is 0 Å². The standard InChI is InChI=1S/C10H11N5O/c1-15-6-8(5-14-15)16-7-2-3-9(10(11)12)13-4-7/h2-6H,1H3,(H3,11,12). The first-order valence-corrected chi connectivity index (χ1v) is 4.62. The summed E-state index contributed by atoms with van der Waals surface area (Å²) in [6.45, 7) is 0. The number of aryl methyl sites for hydroxylation is 1. The molecule has 0 saturated carbocycles. The van der Waals surface area contributed by atoms with Crippen molar-refractivity contribution in [3.8, 4) is 11.5 Å². The number of hydrogen-bond acceptors (Lipinski definition) is 4. The zero-order chi connectivity index (χ0) is 11.5. The molecule has 0 bridgehead atoms. The summed E-state index contributed by atoms with van der Waals surface area (Å²) in [5.41, 5.74) is 5.72. The lowest BCUT2D eigenvalue weighted by Gasteiger charge is -2.02. The second kappa shape index (κ2) is 4.01. The molecule has 2 heterocycles. The molecule has 2 aromatic rings. The predicted molar refractivity (Wildman–Crippen MR) is 58.5 cm³/mol. The van der Waals surface area contributed by atoms with Gasteiger partial charge in [0.2, 0.25) is 0 Å². The van der Waals surface area contributed by atoms with E-state index in [-0.39, 0.29) is 5.84 Å². The number of rotatable bonds is 3.